The highest BCUT2D eigenvalue weighted by Gasteiger charge is 2.34. The molecule has 0 aliphatic rings. The van der Waals surface area contributed by atoms with Crippen LogP contribution in [0.1, 0.15) is 26.5 Å². The molecule has 0 bridgehead atoms. The molecule has 0 N–H and O–H groups in total. The van der Waals surface area contributed by atoms with E-state index >= 15 is 0 Å². The molecule has 0 saturated heterocycles. The third kappa shape index (κ3) is 4.30. The quantitative estimate of drug-likeness (QED) is 0.191. The number of carbonyl (C=O) groups excluding carboxylic acids is 2. The summed E-state index contributed by atoms with van der Waals surface area (Å²) >= 11 is 5.85. The number of nitro groups is 1. The van der Waals surface area contributed by atoms with Crippen molar-refractivity contribution in [2.24, 2.45) is 0 Å². The number of sulfonamides is 1. The predicted molar refractivity (Wildman–Crippen MR) is 131 cm³/mol. The fourth-order valence-electron chi connectivity index (χ4n) is 3.65. The summed E-state index contributed by atoms with van der Waals surface area (Å²) in [6, 6.07) is 14.6. The van der Waals surface area contributed by atoms with E-state index < -0.39 is 37.4 Å². The van der Waals surface area contributed by atoms with Gasteiger partial charge in [-0.05, 0) is 49.4 Å². The molecule has 12 heteroatoms. The molecule has 184 valence electrons. The molecule has 0 saturated carbocycles. The normalized spacial score (nSPS) is 11.3. The molecule has 3 aromatic carbocycles. The Morgan fingerprint density at radius 2 is 1.75 bits per heavy atom. The summed E-state index contributed by atoms with van der Waals surface area (Å²) in [5, 5.41) is 11.3. The molecule has 0 spiro atoms. The highest BCUT2D eigenvalue weighted by atomic mass is 35.5. The lowest BCUT2D eigenvalue weighted by atomic mass is 10.1. The van der Waals surface area contributed by atoms with Gasteiger partial charge in [-0.3, -0.25) is 14.9 Å². The number of hydrogen-bond acceptors (Lipinski definition) is 8. The summed E-state index contributed by atoms with van der Waals surface area (Å²) in [5.74, 6) is -1.39. The monoisotopic (exact) mass is 528 g/mol. The molecule has 0 aliphatic heterocycles. The van der Waals surface area contributed by atoms with Crippen LogP contribution >= 0.6 is 11.6 Å². The van der Waals surface area contributed by atoms with Gasteiger partial charge < -0.3 is 9.15 Å². The van der Waals surface area contributed by atoms with E-state index in [-0.39, 0.29) is 38.6 Å². The Bertz CT molecular complexity index is 1630. The van der Waals surface area contributed by atoms with Crippen molar-refractivity contribution in [3.05, 3.63) is 98.8 Å². The summed E-state index contributed by atoms with van der Waals surface area (Å²) < 4.78 is 38.5. The number of furan rings is 1. The maximum atomic E-state index is 13.8. The Labute approximate surface area is 209 Å². The Morgan fingerprint density at radius 1 is 1.06 bits per heavy atom. The van der Waals surface area contributed by atoms with Gasteiger partial charge in [0, 0.05) is 17.0 Å². The molecule has 0 unspecified atom stereocenters. The molecule has 1 amide bonds. The van der Waals surface area contributed by atoms with Crippen molar-refractivity contribution in [2.45, 2.75) is 11.8 Å². The molecular weight excluding hydrogens is 512 g/mol. The second kappa shape index (κ2) is 9.44. The van der Waals surface area contributed by atoms with Gasteiger partial charge >= 0.3 is 5.97 Å². The van der Waals surface area contributed by atoms with Crippen LogP contribution in [0.15, 0.2) is 76.0 Å². The molecule has 0 radical (unpaired) electrons. The van der Waals surface area contributed by atoms with Gasteiger partial charge in [-0.15, -0.1) is 0 Å². The van der Waals surface area contributed by atoms with Gasteiger partial charge in [0.15, 0.2) is 0 Å². The van der Waals surface area contributed by atoms with Crippen LogP contribution in [0.25, 0.3) is 11.0 Å². The second-order valence-electron chi connectivity index (χ2n) is 7.52. The fraction of sp³-hybridized carbons (Fsp3) is 0.0833. The van der Waals surface area contributed by atoms with E-state index in [0.29, 0.717) is 4.31 Å². The van der Waals surface area contributed by atoms with Crippen LogP contribution in [0, 0.1) is 17.0 Å². The summed E-state index contributed by atoms with van der Waals surface area (Å²) in [6.07, 6.45) is 0. The minimum atomic E-state index is -4.70. The number of benzene rings is 3. The first-order chi connectivity index (χ1) is 17.1. The van der Waals surface area contributed by atoms with Gasteiger partial charge in [-0.25, -0.2) is 13.2 Å². The predicted octanol–water partition coefficient (Wildman–Crippen LogP) is 5.13. The molecule has 4 rings (SSSR count). The van der Waals surface area contributed by atoms with E-state index in [0.717, 1.165) is 18.2 Å². The van der Waals surface area contributed by atoms with Crippen molar-refractivity contribution in [1.29, 1.82) is 0 Å². The Morgan fingerprint density at radius 3 is 2.39 bits per heavy atom. The lowest BCUT2D eigenvalue weighted by molar-refractivity contribution is -0.384. The van der Waals surface area contributed by atoms with E-state index in [1.165, 1.54) is 37.4 Å². The third-order valence-corrected chi connectivity index (χ3v) is 7.36. The minimum Gasteiger partial charge on any atom is -0.465 e. The molecule has 4 aromatic rings. The average molecular weight is 529 g/mol. The SMILES string of the molecule is COC(=O)c1c(C)oc2ccc(N(C(=O)c3ccccc3)S(=O)(=O)c3ccc(Cl)c([N+](=O)[O-])c3)cc12. The smallest absolute Gasteiger partial charge is 0.342 e. The van der Waals surface area contributed by atoms with Crippen LogP contribution in [0.2, 0.25) is 5.02 Å². The summed E-state index contributed by atoms with van der Waals surface area (Å²) in [6.45, 7) is 1.54. The number of halogens is 1. The summed E-state index contributed by atoms with van der Waals surface area (Å²) in [7, 11) is -3.51. The van der Waals surface area contributed by atoms with Crippen LogP contribution in [0.5, 0.6) is 0 Å². The average Bonchev–Trinajstić information content (AvgIpc) is 3.19. The third-order valence-electron chi connectivity index (χ3n) is 5.33. The Balaban J connectivity index is 1.97. The van der Waals surface area contributed by atoms with Crippen molar-refractivity contribution < 1.29 is 32.1 Å². The number of rotatable bonds is 6. The first kappa shape index (κ1) is 24.9. The lowest BCUT2D eigenvalue weighted by Gasteiger charge is -2.23. The number of aryl methyl sites for hydroxylation is 1. The van der Waals surface area contributed by atoms with E-state index in [4.69, 9.17) is 20.8 Å². The highest BCUT2D eigenvalue weighted by molar-refractivity contribution is 7.93. The molecule has 1 aromatic heterocycles. The van der Waals surface area contributed by atoms with E-state index in [2.05, 4.69) is 0 Å². The van der Waals surface area contributed by atoms with Crippen LogP contribution in [-0.4, -0.2) is 32.3 Å². The van der Waals surface area contributed by atoms with Crippen LogP contribution in [0.3, 0.4) is 0 Å². The Hall–Kier alpha value is -4.22. The Kier molecular flexibility index (Phi) is 6.53. The number of fused-ring (bicyclic) bond motifs is 1. The van der Waals surface area contributed by atoms with Crippen LogP contribution in [0.4, 0.5) is 11.4 Å². The minimum absolute atomic E-state index is 0.0428. The number of carbonyl (C=O) groups is 2. The first-order valence-electron chi connectivity index (χ1n) is 10.3. The number of anilines is 1. The van der Waals surface area contributed by atoms with Gasteiger partial charge in [-0.1, -0.05) is 29.8 Å². The first-order valence-corrected chi connectivity index (χ1v) is 12.1. The molecule has 1 heterocycles. The second-order valence-corrected chi connectivity index (χ2v) is 9.71. The maximum Gasteiger partial charge on any atom is 0.342 e. The number of amides is 1. The van der Waals surface area contributed by atoms with Crippen LogP contribution < -0.4 is 4.31 Å². The number of ether oxygens (including phenoxy) is 1. The van der Waals surface area contributed by atoms with E-state index in [1.54, 1.807) is 25.1 Å². The van der Waals surface area contributed by atoms with Crippen molar-refractivity contribution in [1.82, 2.24) is 0 Å². The van der Waals surface area contributed by atoms with Crippen LogP contribution in [-0.2, 0) is 14.8 Å². The van der Waals surface area contributed by atoms with Gasteiger partial charge in [0.25, 0.3) is 21.6 Å². The molecule has 36 heavy (non-hydrogen) atoms. The fourth-order valence-corrected chi connectivity index (χ4v) is 5.26. The zero-order chi connectivity index (χ0) is 26.2. The van der Waals surface area contributed by atoms with Gasteiger partial charge in [0.1, 0.15) is 21.9 Å². The van der Waals surface area contributed by atoms with Crippen molar-refractivity contribution in [3.63, 3.8) is 0 Å². The molecule has 0 atom stereocenters. The van der Waals surface area contributed by atoms with Crippen molar-refractivity contribution in [3.8, 4) is 0 Å². The lowest BCUT2D eigenvalue weighted by Crippen LogP contribution is -2.37. The summed E-state index contributed by atoms with van der Waals surface area (Å²) in [4.78, 5) is 35.9. The summed E-state index contributed by atoms with van der Waals surface area (Å²) in [5.41, 5.74) is -0.385. The molecule has 0 aliphatic carbocycles. The maximum absolute atomic E-state index is 13.8. The number of hydrogen-bond donors (Lipinski definition) is 0. The van der Waals surface area contributed by atoms with Gasteiger partial charge in [-0.2, -0.15) is 4.31 Å². The molecule has 10 nitrogen and oxygen atoms in total. The molecular formula is C24H17ClN2O8S. The van der Waals surface area contributed by atoms with E-state index in [9.17, 15) is 28.1 Å². The topological polar surface area (TPSA) is 137 Å². The highest BCUT2D eigenvalue weighted by Crippen LogP contribution is 2.35. The number of nitrogens with zero attached hydrogens (tertiary/aromatic N) is 2. The van der Waals surface area contributed by atoms with E-state index in [1.807, 2.05) is 0 Å². The van der Waals surface area contributed by atoms with Gasteiger partial charge in [0.05, 0.1) is 22.6 Å². The zero-order valence-corrected chi connectivity index (χ0v) is 20.4. The largest absolute Gasteiger partial charge is 0.465 e. The number of nitro benzene ring substituents is 1. The van der Waals surface area contributed by atoms with Crippen molar-refractivity contribution in [2.75, 3.05) is 11.4 Å². The standard InChI is InChI=1S/C24H17ClN2O8S/c1-14-22(24(29)34-2)18-12-16(8-11-21(18)35-14)26(23(28)15-6-4-3-5-7-15)36(32,33)17-9-10-19(25)20(13-17)27(30)31/h3-13H,1-2H3. The number of esters is 1. The van der Waals surface area contributed by atoms with Crippen molar-refractivity contribution >= 4 is 55.8 Å². The van der Waals surface area contributed by atoms with Gasteiger partial charge in [0.2, 0.25) is 0 Å². The molecule has 0 fully saturated rings. The number of methoxy groups -OCH3 is 1. The zero-order valence-electron chi connectivity index (χ0n) is 18.8.